The number of ether oxygens (including phenoxy) is 2. The molecule has 1 fully saturated rings. The second-order valence-electron chi connectivity index (χ2n) is 6.49. The molecule has 0 bridgehead atoms. The Balaban J connectivity index is 1.60. The third-order valence-electron chi connectivity index (χ3n) is 4.55. The molecule has 2 aromatic rings. The molecule has 0 spiro atoms. The number of hydrogen-bond donors (Lipinski definition) is 1. The average molecular weight is 390 g/mol. The van der Waals surface area contributed by atoms with Gasteiger partial charge in [0, 0.05) is 38.8 Å². The summed E-state index contributed by atoms with van der Waals surface area (Å²) < 4.78 is 16.1. The Morgan fingerprint density at radius 3 is 2.85 bits per heavy atom. The normalized spacial score (nSPS) is 14.7. The smallest absolute Gasteiger partial charge is 0.198 e. The van der Waals surface area contributed by atoms with E-state index in [2.05, 4.69) is 21.2 Å². The van der Waals surface area contributed by atoms with Crippen LogP contribution in [-0.2, 0) is 11.3 Å². The molecule has 27 heavy (non-hydrogen) atoms. The van der Waals surface area contributed by atoms with E-state index in [0.717, 1.165) is 57.1 Å². The Kier molecular flexibility index (Phi) is 7.50. The molecule has 1 saturated heterocycles. The van der Waals surface area contributed by atoms with Gasteiger partial charge >= 0.3 is 0 Å². The van der Waals surface area contributed by atoms with E-state index < -0.39 is 0 Å². The minimum absolute atomic E-state index is 0.656. The van der Waals surface area contributed by atoms with E-state index in [1.54, 1.807) is 13.4 Å². The van der Waals surface area contributed by atoms with Crippen molar-refractivity contribution in [1.82, 2.24) is 9.80 Å². The van der Waals surface area contributed by atoms with E-state index >= 15 is 0 Å². The van der Waals surface area contributed by atoms with Crippen molar-refractivity contribution in [2.45, 2.75) is 13.0 Å². The zero-order valence-corrected chi connectivity index (χ0v) is 16.5. The van der Waals surface area contributed by atoms with Gasteiger partial charge in [-0.3, -0.25) is 4.90 Å². The van der Waals surface area contributed by atoms with Crippen molar-refractivity contribution in [3.05, 3.63) is 48.2 Å². The lowest BCUT2D eigenvalue weighted by molar-refractivity contribution is 0.0368. The lowest BCUT2D eigenvalue weighted by Crippen LogP contribution is -2.39. The lowest BCUT2D eigenvalue weighted by Gasteiger charge is -2.29. The van der Waals surface area contributed by atoms with E-state index in [-0.39, 0.29) is 0 Å². The van der Waals surface area contributed by atoms with Crippen LogP contribution in [0.25, 0.3) is 0 Å². The van der Waals surface area contributed by atoms with Crippen LogP contribution in [0.1, 0.15) is 12.0 Å². The maximum absolute atomic E-state index is 5.64. The highest BCUT2D eigenvalue weighted by atomic mass is 32.1. The first-order chi connectivity index (χ1) is 13.2. The van der Waals surface area contributed by atoms with Crippen molar-refractivity contribution in [2.24, 2.45) is 0 Å². The Bertz CT molecular complexity index is 702. The van der Waals surface area contributed by atoms with Crippen LogP contribution in [0.3, 0.4) is 0 Å². The Morgan fingerprint density at radius 2 is 2.11 bits per heavy atom. The zero-order valence-electron chi connectivity index (χ0n) is 15.7. The highest BCUT2D eigenvalue weighted by Crippen LogP contribution is 2.16. The number of hydrogen-bond acceptors (Lipinski definition) is 5. The van der Waals surface area contributed by atoms with E-state index in [1.807, 2.05) is 30.3 Å². The molecule has 0 aliphatic carbocycles. The van der Waals surface area contributed by atoms with Crippen molar-refractivity contribution < 1.29 is 13.9 Å². The van der Waals surface area contributed by atoms with Gasteiger partial charge in [-0.1, -0.05) is 12.1 Å². The summed E-state index contributed by atoms with van der Waals surface area (Å²) in [6.45, 7) is 6.28. The number of furan rings is 1. The number of benzene rings is 1. The maximum atomic E-state index is 5.64. The van der Waals surface area contributed by atoms with Gasteiger partial charge in [0.25, 0.3) is 0 Å². The monoisotopic (exact) mass is 389 g/mol. The fourth-order valence-electron chi connectivity index (χ4n) is 3.09. The first-order valence-corrected chi connectivity index (χ1v) is 9.68. The van der Waals surface area contributed by atoms with Gasteiger partial charge in [0.05, 0.1) is 26.6 Å². The summed E-state index contributed by atoms with van der Waals surface area (Å²) in [5.74, 6) is 1.51. The molecule has 1 aliphatic heterocycles. The van der Waals surface area contributed by atoms with Gasteiger partial charge < -0.3 is 24.1 Å². The second-order valence-corrected chi connectivity index (χ2v) is 6.87. The molecule has 2 heterocycles. The third kappa shape index (κ3) is 6.23. The molecule has 146 valence electrons. The van der Waals surface area contributed by atoms with E-state index in [1.165, 1.54) is 0 Å². The molecule has 7 heteroatoms. The Morgan fingerprint density at radius 1 is 1.26 bits per heavy atom. The summed E-state index contributed by atoms with van der Waals surface area (Å²) in [5.41, 5.74) is 1.16. The lowest BCUT2D eigenvalue weighted by atomic mass is 10.2. The summed E-state index contributed by atoms with van der Waals surface area (Å²) in [5, 5.41) is 3.85. The Hall–Kier alpha value is -2.09. The van der Waals surface area contributed by atoms with Gasteiger partial charge in [0.1, 0.15) is 5.75 Å². The van der Waals surface area contributed by atoms with E-state index in [9.17, 15) is 0 Å². The number of anilines is 1. The topological polar surface area (TPSA) is 50.1 Å². The summed E-state index contributed by atoms with van der Waals surface area (Å²) in [6, 6.07) is 11.8. The molecule has 1 aromatic heterocycles. The largest absolute Gasteiger partial charge is 0.497 e. The van der Waals surface area contributed by atoms with Gasteiger partial charge in [0.15, 0.2) is 11.0 Å². The van der Waals surface area contributed by atoms with Crippen LogP contribution in [-0.4, -0.2) is 61.4 Å². The van der Waals surface area contributed by atoms with Gasteiger partial charge in [-0.2, -0.15) is 0 Å². The Labute approximate surface area is 166 Å². The van der Waals surface area contributed by atoms with Gasteiger partial charge in [-0.15, -0.1) is 0 Å². The quantitative estimate of drug-likeness (QED) is 0.696. The molecule has 0 radical (unpaired) electrons. The number of morpholine rings is 1. The molecule has 6 nitrogen and oxygen atoms in total. The van der Waals surface area contributed by atoms with Gasteiger partial charge in [0.2, 0.25) is 0 Å². The molecule has 1 aliphatic rings. The van der Waals surface area contributed by atoms with Crippen LogP contribution in [0, 0.1) is 0 Å². The third-order valence-corrected chi connectivity index (χ3v) is 4.91. The van der Waals surface area contributed by atoms with E-state index in [0.29, 0.717) is 17.5 Å². The number of nitrogens with one attached hydrogen (secondary N) is 1. The number of nitrogens with zero attached hydrogens (tertiary/aromatic N) is 2. The van der Waals surface area contributed by atoms with Crippen LogP contribution in [0.4, 0.5) is 5.88 Å². The van der Waals surface area contributed by atoms with Crippen molar-refractivity contribution in [2.75, 3.05) is 51.8 Å². The number of methoxy groups -OCH3 is 1. The zero-order chi connectivity index (χ0) is 18.9. The van der Waals surface area contributed by atoms with Crippen molar-refractivity contribution in [3.8, 4) is 5.75 Å². The molecule has 1 aromatic carbocycles. The van der Waals surface area contributed by atoms with Crippen LogP contribution in [0.5, 0.6) is 5.75 Å². The van der Waals surface area contributed by atoms with Crippen LogP contribution in [0.15, 0.2) is 47.1 Å². The average Bonchev–Trinajstić information content (AvgIpc) is 3.21. The van der Waals surface area contributed by atoms with Crippen LogP contribution < -0.4 is 10.1 Å². The highest BCUT2D eigenvalue weighted by molar-refractivity contribution is 7.80. The van der Waals surface area contributed by atoms with Crippen molar-refractivity contribution in [1.29, 1.82) is 0 Å². The highest BCUT2D eigenvalue weighted by Gasteiger charge is 2.14. The second kappa shape index (κ2) is 10.3. The van der Waals surface area contributed by atoms with Crippen LogP contribution in [0.2, 0.25) is 0 Å². The number of thiocarbonyl (C=S) groups is 1. The molecule has 0 amide bonds. The van der Waals surface area contributed by atoms with E-state index in [4.69, 9.17) is 26.1 Å². The maximum Gasteiger partial charge on any atom is 0.198 e. The SMILES string of the molecule is COc1cccc(CN(CCCN2CCOCC2)C(=S)Nc2ccco2)c1. The van der Waals surface area contributed by atoms with Gasteiger partial charge in [-0.05, 0) is 42.4 Å². The molecule has 0 saturated carbocycles. The fourth-order valence-corrected chi connectivity index (χ4v) is 3.34. The van der Waals surface area contributed by atoms with Crippen LogP contribution >= 0.6 is 12.2 Å². The molecule has 1 N–H and O–H groups in total. The predicted molar refractivity (Wildman–Crippen MR) is 110 cm³/mol. The molecule has 0 unspecified atom stereocenters. The number of rotatable bonds is 8. The minimum Gasteiger partial charge on any atom is -0.497 e. The molecule has 3 rings (SSSR count). The first-order valence-electron chi connectivity index (χ1n) is 9.27. The van der Waals surface area contributed by atoms with Crippen molar-refractivity contribution >= 4 is 23.2 Å². The first kappa shape index (κ1) is 19.7. The molecular weight excluding hydrogens is 362 g/mol. The standard InChI is InChI=1S/C20H27N3O3S/c1-24-18-6-2-5-17(15-18)16-23(20(27)21-19-7-3-12-26-19)9-4-8-22-10-13-25-14-11-22/h2-3,5-7,12,15H,4,8-11,13-14,16H2,1H3,(H,21,27). The molecule has 0 atom stereocenters. The summed E-state index contributed by atoms with van der Waals surface area (Å²) in [7, 11) is 1.68. The summed E-state index contributed by atoms with van der Waals surface area (Å²) >= 11 is 5.64. The summed E-state index contributed by atoms with van der Waals surface area (Å²) in [4.78, 5) is 4.61. The predicted octanol–water partition coefficient (Wildman–Crippen LogP) is 3.21. The fraction of sp³-hybridized carbons (Fsp3) is 0.450. The van der Waals surface area contributed by atoms with Crippen molar-refractivity contribution in [3.63, 3.8) is 0 Å². The summed E-state index contributed by atoms with van der Waals surface area (Å²) in [6.07, 6.45) is 2.67. The molecular formula is C20H27N3O3S. The van der Waals surface area contributed by atoms with Gasteiger partial charge in [-0.25, -0.2) is 0 Å². The minimum atomic E-state index is 0.656.